The van der Waals surface area contributed by atoms with Crippen molar-refractivity contribution in [1.82, 2.24) is 50.7 Å². The number of aliphatic hydroxyl groups excluding tert-OH is 1. The Kier molecular flexibility index (Phi) is 16.3. The summed E-state index contributed by atoms with van der Waals surface area (Å²) in [5.74, 6) is -1.80. The molecule has 5 atom stereocenters. The molecular weight excluding hydrogens is 1050 g/mol. The molecule has 17 nitrogen and oxygen atoms in total. The van der Waals surface area contributed by atoms with Crippen LogP contribution in [-0.4, -0.2) is 122 Å². The van der Waals surface area contributed by atoms with Gasteiger partial charge in [-0.05, 0) is 104 Å². The summed E-state index contributed by atoms with van der Waals surface area (Å²) < 4.78 is 65.1. The maximum absolute atomic E-state index is 16.1. The minimum absolute atomic E-state index is 0.0944. The summed E-state index contributed by atoms with van der Waals surface area (Å²) in [7, 11) is 1.63. The Morgan fingerprint density at radius 2 is 1.68 bits per heavy atom. The van der Waals surface area contributed by atoms with E-state index in [0.717, 1.165) is 83.8 Å². The molecule has 8 aromatic rings. The normalized spacial score (nSPS) is 17.6. The number of hydrogen-bond acceptors (Lipinski definition) is 13. The van der Waals surface area contributed by atoms with Gasteiger partial charge in [0.1, 0.15) is 48.1 Å². The van der Waals surface area contributed by atoms with Crippen LogP contribution in [0, 0.1) is 30.3 Å². The molecule has 4 unspecified atom stereocenters. The number of carbonyl (C=O) groups excluding carboxylic acids is 2. The molecule has 5 heterocycles. The number of piperazine rings is 1. The number of nitrogens with zero attached hydrogens (tertiary/aromatic N) is 8. The van der Waals surface area contributed by atoms with E-state index >= 15 is 4.39 Å². The molecule has 3 fully saturated rings. The number of fused-ring (bicyclic) bond motifs is 2. The Labute approximate surface area is 473 Å². The monoisotopic (exact) mass is 1120 g/mol. The Hall–Kier alpha value is -7.94. The van der Waals surface area contributed by atoms with Gasteiger partial charge in [-0.15, -0.1) is 5.10 Å². The van der Waals surface area contributed by atoms with E-state index < -0.39 is 42.3 Å². The second kappa shape index (κ2) is 23.9. The predicted octanol–water partition coefficient (Wildman–Crippen LogP) is 9.92. The first kappa shape index (κ1) is 55.9. The summed E-state index contributed by atoms with van der Waals surface area (Å²) in [6.45, 7) is 12.2. The van der Waals surface area contributed by atoms with Crippen LogP contribution in [0.5, 0.6) is 11.8 Å². The first-order valence-corrected chi connectivity index (χ1v) is 28.3. The number of halogens is 3. The van der Waals surface area contributed by atoms with Crippen LogP contribution in [0.25, 0.3) is 55.3 Å². The van der Waals surface area contributed by atoms with Crippen LogP contribution in [-0.2, 0) is 20.9 Å². The number of aliphatic hydroxyl groups is 1. The number of ether oxygens (including phenoxy) is 3. The molecule has 428 valence electrons. The van der Waals surface area contributed by atoms with Crippen molar-refractivity contribution in [1.29, 1.82) is 0 Å². The van der Waals surface area contributed by atoms with Gasteiger partial charge in [0.05, 0.1) is 36.7 Å². The van der Waals surface area contributed by atoms with Crippen molar-refractivity contribution in [2.45, 2.75) is 110 Å². The van der Waals surface area contributed by atoms with E-state index in [1.807, 2.05) is 45.0 Å². The number of nitrogens with one attached hydrogen (secondary N) is 3. The predicted molar refractivity (Wildman–Crippen MR) is 306 cm³/mol. The van der Waals surface area contributed by atoms with Crippen LogP contribution in [0.3, 0.4) is 0 Å². The number of likely N-dealkylation sites (tertiary alicyclic amines) is 1. The lowest BCUT2D eigenvalue weighted by molar-refractivity contribution is -0.142. The number of anilines is 1. The van der Waals surface area contributed by atoms with Crippen LogP contribution in [0.15, 0.2) is 91.3 Å². The molecular formula is C62H68F3N11O6. The van der Waals surface area contributed by atoms with Crippen molar-refractivity contribution in [3.8, 4) is 45.3 Å². The summed E-state index contributed by atoms with van der Waals surface area (Å²) in [4.78, 5) is 42.6. The molecule has 3 aromatic heterocycles. The lowest BCUT2D eigenvalue weighted by atomic mass is 9.88. The SMILES string of the molecule is CCC1CN(c2nc(OC[C@H](C)OC)nc3c(OCc4ccc(-c5cn(C(C(=O)N6CCCC6C(=O)NC(CO)c6ccc(-c7cccc(F)c7F)cc6)C(C)C)nn5)cc4)c(-c4c(C)c(F)cc5[nH]ncc45)c(C4CC4)cc23)CCN1. The van der Waals surface area contributed by atoms with Crippen molar-refractivity contribution < 1.29 is 42.1 Å². The highest BCUT2D eigenvalue weighted by molar-refractivity contribution is 6.06. The molecule has 1 saturated carbocycles. The number of aromatic amines is 1. The van der Waals surface area contributed by atoms with Gasteiger partial charge in [0.15, 0.2) is 17.4 Å². The maximum atomic E-state index is 16.1. The van der Waals surface area contributed by atoms with Gasteiger partial charge in [-0.25, -0.2) is 17.9 Å². The number of aromatic nitrogens is 7. The topological polar surface area (TPSA) is 198 Å². The van der Waals surface area contributed by atoms with Crippen molar-refractivity contribution in [2.24, 2.45) is 5.92 Å². The Morgan fingerprint density at radius 3 is 2.41 bits per heavy atom. The van der Waals surface area contributed by atoms with E-state index in [9.17, 15) is 23.5 Å². The Balaban J connectivity index is 0.862. The lowest BCUT2D eigenvalue weighted by Crippen LogP contribution is -2.50. The molecule has 4 N–H and O–H groups in total. The molecule has 5 aromatic carbocycles. The summed E-state index contributed by atoms with van der Waals surface area (Å²) >= 11 is 0. The highest BCUT2D eigenvalue weighted by Gasteiger charge is 2.40. The highest BCUT2D eigenvalue weighted by Crippen LogP contribution is 2.53. The number of carbonyl (C=O) groups is 2. The second-order valence-corrected chi connectivity index (χ2v) is 22.1. The quantitative estimate of drug-likeness (QED) is 0.0563. The average molecular weight is 1120 g/mol. The van der Waals surface area contributed by atoms with Gasteiger partial charge in [0.2, 0.25) is 11.8 Å². The summed E-state index contributed by atoms with van der Waals surface area (Å²) in [5.41, 5.74) is 7.26. The standard InChI is InChI=1S/C62H68F3N11O6/c1-7-42-29-74(25-23-66-42)59-45-26-44(39-17-18-39)54(53-36(5)48(64)27-49-46(53)28-67-71-49)58(56(45)69-62(70-59)82-32-35(4)80-6)81-33-37-13-15-40(16-14-37)50-30-76(73-72-50)57(34(2)3)61(79)75-24-9-12-52(75)60(78)68-51(31-77)41-21-19-38(20-22-41)43-10-8-11-47(63)55(43)65/h8,10-11,13-16,19-22,26-28,30,34-35,39,42,51-52,57,66,77H,7,9,12,17-18,23-25,29,31-33H2,1-6H3,(H,67,71)(H,68,78)/t35-,42?,51?,52?,57?/m0/s1. The fourth-order valence-electron chi connectivity index (χ4n) is 11.4. The van der Waals surface area contributed by atoms with Gasteiger partial charge in [-0.3, -0.25) is 14.7 Å². The van der Waals surface area contributed by atoms with Gasteiger partial charge >= 0.3 is 6.01 Å². The summed E-state index contributed by atoms with van der Waals surface area (Å²) in [5, 5.41) is 34.9. The van der Waals surface area contributed by atoms with Gasteiger partial charge in [0, 0.05) is 72.4 Å². The largest absolute Gasteiger partial charge is 0.486 e. The number of benzene rings is 5. The number of methoxy groups -OCH3 is 1. The molecule has 3 aliphatic rings. The van der Waals surface area contributed by atoms with Crippen molar-refractivity contribution in [2.75, 3.05) is 51.4 Å². The lowest BCUT2D eigenvalue weighted by Gasteiger charge is -2.35. The van der Waals surface area contributed by atoms with Crippen molar-refractivity contribution >= 4 is 39.4 Å². The van der Waals surface area contributed by atoms with E-state index in [4.69, 9.17) is 24.2 Å². The number of rotatable bonds is 20. The van der Waals surface area contributed by atoms with Gasteiger partial charge in [-0.2, -0.15) is 15.1 Å². The number of amides is 2. The van der Waals surface area contributed by atoms with Gasteiger partial charge < -0.3 is 39.8 Å². The molecule has 2 amide bonds. The zero-order valence-corrected chi connectivity index (χ0v) is 46.9. The maximum Gasteiger partial charge on any atom is 0.319 e. The molecule has 82 heavy (non-hydrogen) atoms. The fourth-order valence-corrected chi connectivity index (χ4v) is 11.4. The minimum atomic E-state index is -0.963. The Bertz CT molecular complexity index is 3630. The molecule has 1 aliphatic carbocycles. The smallest absolute Gasteiger partial charge is 0.319 e. The summed E-state index contributed by atoms with van der Waals surface area (Å²) in [6, 6.07) is 19.9. The van der Waals surface area contributed by atoms with E-state index in [-0.39, 0.29) is 60.5 Å². The number of hydrogen-bond donors (Lipinski definition) is 4. The number of H-pyrrole nitrogens is 1. The molecule has 0 radical (unpaired) electrons. The summed E-state index contributed by atoms with van der Waals surface area (Å²) in [6.07, 6.45) is 7.14. The van der Waals surface area contributed by atoms with E-state index in [1.165, 1.54) is 18.2 Å². The zero-order valence-electron chi connectivity index (χ0n) is 46.9. The van der Waals surface area contributed by atoms with Gasteiger partial charge in [-0.1, -0.05) is 86.6 Å². The van der Waals surface area contributed by atoms with Gasteiger partial charge in [0.25, 0.3) is 0 Å². The second-order valence-electron chi connectivity index (χ2n) is 22.1. The zero-order chi connectivity index (χ0) is 57.3. The van der Waals surface area contributed by atoms with E-state index in [2.05, 4.69) is 49.0 Å². The third-order valence-corrected chi connectivity index (χ3v) is 16.3. The van der Waals surface area contributed by atoms with Crippen LogP contribution in [0.1, 0.15) is 100 Å². The fraction of sp³-hybridized carbons (Fsp3) is 0.403. The Morgan fingerprint density at radius 1 is 0.902 bits per heavy atom. The third-order valence-electron chi connectivity index (χ3n) is 16.3. The molecule has 20 heteroatoms. The van der Waals surface area contributed by atoms with Crippen LogP contribution >= 0.6 is 0 Å². The first-order chi connectivity index (χ1) is 39.7. The van der Waals surface area contributed by atoms with Crippen molar-refractivity contribution in [3.63, 3.8) is 0 Å². The third kappa shape index (κ3) is 11.2. The molecule has 2 aliphatic heterocycles. The minimum Gasteiger partial charge on any atom is -0.486 e. The molecule has 0 spiro atoms. The molecule has 2 saturated heterocycles. The van der Waals surface area contributed by atoms with E-state index in [1.54, 1.807) is 60.3 Å². The van der Waals surface area contributed by atoms with Crippen LogP contribution in [0.4, 0.5) is 19.0 Å². The van der Waals surface area contributed by atoms with Crippen LogP contribution in [0.2, 0.25) is 0 Å². The van der Waals surface area contributed by atoms with Crippen molar-refractivity contribution in [3.05, 3.63) is 131 Å². The highest BCUT2D eigenvalue weighted by atomic mass is 19.2. The molecule has 0 bridgehead atoms. The molecule has 11 rings (SSSR count). The average Bonchev–Trinajstić information content (AvgIpc) is 3.82. The van der Waals surface area contributed by atoms with E-state index in [0.29, 0.717) is 64.1 Å². The first-order valence-electron chi connectivity index (χ1n) is 28.3. The van der Waals surface area contributed by atoms with Crippen LogP contribution < -0.4 is 25.0 Å².